The molecule has 1 aliphatic rings. The average molecular weight is 632 g/mol. The highest BCUT2D eigenvalue weighted by atomic mass is 79.9. The number of hydrogen-bond acceptors (Lipinski definition) is 5. The van der Waals surface area contributed by atoms with Crippen molar-refractivity contribution < 1.29 is 36.2 Å². The number of methoxy groups -OCH3 is 1. The van der Waals surface area contributed by atoms with Gasteiger partial charge < -0.3 is 19.8 Å². The Balaban J connectivity index is 1.98. The van der Waals surface area contributed by atoms with Crippen LogP contribution in [0.1, 0.15) is 68.4 Å². The molecule has 0 radical (unpaired) electrons. The van der Waals surface area contributed by atoms with Crippen molar-refractivity contribution in [2.75, 3.05) is 7.11 Å². The first kappa shape index (κ1) is 29.9. The van der Waals surface area contributed by atoms with E-state index in [0.717, 1.165) is 26.2 Å². The predicted octanol–water partition coefficient (Wildman–Crippen LogP) is 6.31. The number of rotatable bonds is 4. The summed E-state index contributed by atoms with van der Waals surface area (Å²) in [6, 6.07) is 3.34. The number of carbonyl (C=O) groups is 1. The second-order valence-electron chi connectivity index (χ2n) is 10.9. The number of aromatic amines is 1. The largest absolute Gasteiger partial charge is 0.493 e. The maximum absolute atomic E-state index is 14.7. The number of ether oxygens (including phenoxy) is 2. The molecule has 1 aliphatic heterocycles. The average Bonchev–Trinajstić information content (AvgIpc) is 3.12. The lowest BCUT2D eigenvalue weighted by Gasteiger charge is -2.32. The minimum atomic E-state index is -4.86. The molecule has 0 saturated carbocycles. The van der Waals surface area contributed by atoms with Crippen molar-refractivity contribution in [1.29, 1.82) is 0 Å². The van der Waals surface area contributed by atoms with Crippen LogP contribution in [0.3, 0.4) is 0 Å². The van der Waals surface area contributed by atoms with Gasteiger partial charge in [-0.2, -0.15) is 17.6 Å². The van der Waals surface area contributed by atoms with Crippen LogP contribution in [0.2, 0.25) is 0 Å². The molecule has 2 N–H and O–H groups in total. The minimum absolute atomic E-state index is 0.0697. The van der Waals surface area contributed by atoms with E-state index in [-0.39, 0.29) is 32.3 Å². The lowest BCUT2D eigenvalue weighted by molar-refractivity contribution is -0.275. The van der Waals surface area contributed by atoms with Gasteiger partial charge in [-0.05, 0) is 55.8 Å². The number of fused-ring (bicyclic) bond motifs is 1. The Morgan fingerprint density at radius 3 is 2.42 bits per heavy atom. The molecular weight excluding hydrogens is 605 g/mol. The number of amides is 1. The van der Waals surface area contributed by atoms with Crippen molar-refractivity contribution in [3.05, 3.63) is 67.7 Å². The molecule has 1 saturated heterocycles. The third-order valence-corrected chi connectivity index (χ3v) is 7.97. The van der Waals surface area contributed by atoms with Crippen LogP contribution in [-0.4, -0.2) is 40.3 Å². The highest BCUT2D eigenvalue weighted by Gasteiger charge is 2.65. The van der Waals surface area contributed by atoms with E-state index in [4.69, 9.17) is 9.47 Å². The molecule has 1 aromatic carbocycles. The van der Waals surface area contributed by atoms with E-state index >= 15 is 0 Å². The third kappa shape index (κ3) is 4.87. The van der Waals surface area contributed by atoms with E-state index in [0.29, 0.717) is 0 Å². The van der Waals surface area contributed by atoms with Gasteiger partial charge in [0.05, 0.1) is 28.2 Å². The number of aromatic nitrogens is 2. The number of alkyl halides is 3. The Hall–Kier alpha value is -3.06. The SMILES string of the molecule is COc1c([C@H]2[C@H](c3[nH]c4ccnc(C(=O)NC(C)(C)C)c4c(=O)c3Br)O[C@@](C)(C(F)(F)F)[C@H]2C)ccc(F)c1F. The van der Waals surface area contributed by atoms with Crippen molar-refractivity contribution in [2.45, 2.75) is 64.0 Å². The molecule has 0 spiro atoms. The summed E-state index contributed by atoms with van der Waals surface area (Å²) in [5.41, 5.74) is -4.31. The molecule has 0 unspecified atom stereocenters. The van der Waals surface area contributed by atoms with Crippen molar-refractivity contribution in [1.82, 2.24) is 15.3 Å². The summed E-state index contributed by atoms with van der Waals surface area (Å²) in [6.07, 6.45) is -5.08. The normalized spacial score (nSPS) is 23.4. The molecule has 1 fully saturated rings. The van der Waals surface area contributed by atoms with E-state index in [1.54, 1.807) is 20.8 Å². The predicted molar refractivity (Wildman–Crippen MR) is 140 cm³/mol. The molecule has 3 aromatic rings. The number of nitrogens with zero attached hydrogens (tertiary/aromatic N) is 1. The fraction of sp³-hybridized carbons (Fsp3) is 0.444. The maximum atomic E-state index is 14.7. The second kappa shape index (κ2) is 10.1. The Morgan fingerprint density at radius 2 is 1.85 bits per heavy atom. The number of benzene rings is 1. The molecule has 216 valence electrons. The van der Waals surface area contributed by atoms with Gasteiger partial charge in [0.1, 0.15) is 11.8 Å². The fourth-order valence-electron chi connectivity index (χ4n) is 5.06. The van der Waals surface area contributed by atoms with Crippen LogP contribution in [0.15, 0.2) is 33.7 Å². The molecule has 2 aromatic heterocycles. The number of hydrogen-bond donors (Lipinski definition) is 2. The second-order valence-corrected chi connectivity index (χ2v) is 11.7. The summed E-state index contributed by atoms with van der Waals surface area (Å²) in [5.74, 6) is -6.38. The number of halogens is 6. The monoisotopic (exact) mass is 631 g/mol. The van der Waals surface area contributed by atoms with Crippen LogP contribution in [-0.2, 0) is 4.74 Å². The van der Waals surface area contributed by atoms with Crippen LogP contribution in [0.25, 0.3) is 10.9 Å². The summed E-state index contributed by atoms with van der Waals surface area (Å²) in [6.45, 7) is 7.39. The summed E-state index contributed by atoms with van der Waals surface area (Å²) < 4.78 is 82.4. The Kier molecular flexibility index (Phi) is 7.55. The van der Waals surface area contributed by atoms with Gasteiger partial charge in [-0.15, -0.1) is 0 Å². The van der Waals surface area contributed by atoms with Gasteiger partial charge in [-0.1, -0.05) is 13.0 Å². The van der Waals surface area contributed by atoms with Crippen molar-refractivity contribution in [2.24, 2.45) is 5.92 Å². The van der Waals surface area contributed by atoms with E-state index in [2.05, 4.69) is 31.2 Å². The molecule has 0 aliphatic carbocycles. The summed E-state index contributed by atoms with van der Waals surface area (Å²) in [5, 5.41) is 2.64. The molecule has 4 rings (SSSR count). The Labute approximate surface area is 234 Å². The number of pyridine rings is 2. The molecular formula is C27H27BrF5N3O4. The molecule has 3 heterocycles. The van der Waals surface area contributed by atoms with Crippen LogP contribution < -0.4 is 15.5 Å². The van der Waals surface area contributed by atoms with Crippen LogP contribution in [0, 0.1) is 17.6 Å². The molecule has 0 bridgehead atoms. The van der Waals surface area contributed by atoms with Gasteiger partial charge in [0.15, 0.2) is 17.2 Å². The lowest BCUT2D eigenvalue weighted by Crippen LogP contribution is -2.46. The van der Waals surface area contributed by atoms with Crippen LogP contribution >= 0.6 is 15.9 Å². The smallest absolute Gasteiger partial charge is 0.417 e. The molecule has 1 amide bonds. The topological polar surface area (TPSA) is 93.3 Å². The molecule has 4 atom stereocenters. The third-order valence-electron chi connectivity index (χ3n) is 7.18. The van der Waals surface area contributed by atoms with Crippen LogP contribution in [0.5, 0.6) is 5.75 Å². The highest BCUT2D eigenvalue weighted by Crippen LogP contribution is 2.59. The molecule has 13 heteroatoms. The van der Waals surface area contributed by atoms with E-state index in [1.165, 1.54) is 19.2 Å². The van der Waals surface area contributed by atoms with Gasteiger partial charge >= 0.3 is 6.18 Å². The summed E-state index contributed by atoms with van der Waals surface area (Å²) in [4.78, 5) is 33.5. The zero-order chi connectivity index (χ0) is 29.9. The van der Waals surface area contributed by atoms with Gasteiger partial charge in [0, 0.05) is 29.1 Å². The van der Waals surface area contributed by atoms with Gasteiger partial charge in [-0.3, -0.25) is 14.6 Å². The van der Waals surface area contributed by atoms with E-state index in [1.807, 2.05) is 0 Å². The number of H-pyrrole nitrogens is 1. The van der Waals surface area contributed by atoms with E-state index < -0.39 is 64.0 Å². The van der Waals surface area contributed by atoms with Crippen molar-refractivity contribution >= 4 is 32.7 Å². The first-order valence-electron chi connectivity index (χ1n) is 12.2. The minimum Gasteiger partial charge on any atom is -0.493 e. The van der Waals surface area contributed by atoms with Gasteiger partial charge in [0.2, 0.25) is 11.2 Å². The zero-order valence-electron chi connectivity index (χ0n) is 22.4. The maximum Gasteiger partial charge on any atom is 0.417 e. The van der Waals surface area contributed by atoms with Gasteiger partial charge in [-0.25, -0.2) is 4.39 Å². The van der Waals surface area contributed by atoms with E-state index in [9.17, 15) is 31.5 Å². The quantitative estimate of drug-likeness (QED) is 0.329. The Morgan fingerprint density at radius 1 is 1.20 bits per heavy atom. The zero-order valence-corrected chi connectivity index (χ0v) is 24.0. The molecule has 7 nitrogen and oxygen atoms in total. The number of carbonyl (C=O) groups excluding carboxylic acids is 1. The van der Waals surface area contributed by atoms with Gasteiger partial charge in [0.25, 0.3) is 5.91 Å². The Bertz CT molecular complexity index is 1550. The van der Waals surface area contributed by atoms with Crippen molar-refractivity contribution in [3.63, 3.8) is 0 Å². The van der Waals surface area contributed by atoms with Crippen molar-refractivity contribution in [3.8, 4) is 5.75 Å². The summed E-state index contributed by atoms with van der Waals surface area (Å²) >= 11 is 3.20. The number of nitrogens with one attached hydrogen (secondary N) is 2. The highest BCUT2D eigenvalue weighted by molar-refractivity contribution is 9.10. The first-order chi connectivity index (χ1) is 18.4. The summed E-state index contributed by atoms with van der Waals surface area (Å²) in [7, 11) is 1.07. The first-order valence-corrected chi connectivity index (χ1v) is 13.0. The fourth-order valence-corrected chi connectivity index (χ4v) is 5.58. The molecule has 40 heavy (non-hydrogen) atoms. The lowest BCUT2D eigenvalue weighted by atomic mass is 9.76. The van der Waals surface area contributed by atoms with Crippen LogP contribution in [0.4, 0.5) is 22.0 Å². The standard InChI is InChI=1S/C27H27BrF5N3O4/c1-11-15(12-7-8-13(29)18(30)22(12)39-6)23(40-26(11,5)27(31,32)33)20-17(28)21(37)16-14(35-20)9-10-34-19(16)24(38)36-25(2,3)4/h7-11,15,23H,1-6H3,(H,35,37)(H,36,38)/t11-,15-,23+,26+/m0/s1.